The second-order valence-corrected chi connectivity index (χ2v) is 3.75. The summed E-state index contributed by atoms with van der Waals surface area (Å²) in [5, 5.41) is 0. The first kappa shape index (κ1) is 15.1. The Bertz CT molecular complexity index is 469. The van der Waals surface area contributed by atoms with Crippen molar-refractivity contribution in [3.05, 3.63) is 42.0 Å². The van der Waals surface area contributed by atoms with Crippen molar-refractivity contribution in [1.29, 1.82) is 0 Å². The van der Waals surface area contributed by atoms with Gasteiger partial charge in [0.15, 0.2) is 0 Å². The maximum absolute atomic E-state index is 12.5. The van der Waals surface area contributed by atoms with Gasteiger partial charge < -0.3 is 4.74 Å². The van der Waals surface area contributed by atoms with Crippen LogP contribution < -0.4 is 4.90 Å². The van der Waals surface area contributed by atoms with Gasteiger partial charge >= 0.3 is 12.3 Å². The number of hydrogen-bond acceptors (Lipinski definition) is 2. The molecule has 1 aromatic carbocycles. The molecule has 104 valence electrons. The average molecular weight is 273 g/mol. The van der Waals surface area contributed by atoms with Gasteiger partial charge in [-0.3, -0.25) is 4.90 Å². The second kappa shape index (κ2) is 6.26. The summed E-state index contributed by atoms with van der Waals surface area (Å²) in [6.07, 6.45) is -1.82. The highest BCUT2D eigenvalue weighted by molar-refractivity contribution is 5.87. The number of alkyl halides is 3. The van der Waals surface area contributed by atoms with Crippen molar-refractivity contribution in [2.24, 2.45) is 0 Å². The van der Waals surface area contributed by atoms with Crippen LogP contribution in [0.3, 0.4) is 0 Å². The van der Waals surface area contributed by atoms with E-state index in [1.165, 1.54) is 19.2 Å². The van der Waals surface area contributed by atoms with E-state index in [1.54, 1.807) is 19.1 Å². The summed E-state index contributed by atoms with van der Waals surface area (Å²) in [5.41, 5.74) is -0.682. The molecule has 0 radical (unpaired) electrons. The number of carbonyl (C=O) groups excluding carboxylic acids is 1. The van der Waals surface area contributed by atoms with Gasteiger partial charge in [0.1, 0.15) is 6.61 Å². The zero-order chi connectivity index (χ0) is 14.5. The van der Waals surface area contributed by atoms with Gasteiger partial charge in [0.2, 0.25) is 0 Å². The number of allylic oxidation sites excluding steroid dienone is 1. The predicted octanol–water partition coefficient (Wildman–Crippen LogP) is 3.85. The summed E-state index contributed by atoms with van der Waals surface area (Å²) in [5.74, 6) is 0. The Labute approximate surface area is 109 Å². The maximum Gasteiger partial charge on any atom is 0.416 e. The van der Waals surface area contributed by atoms with E-state index in [0.29, 0.717) is 0 Å². The molecular weight excluding hydrogens is 259 g/mol. The van der Waals surface area contributed by atoms with Crippen LogP contribution in [-0.4, -0.2) is 19.7 Å². The fraction of sp³-hybridized carbons (Fsp3) is 0.308. The molecule has 1 rings (SSSR count). The third-order valence-corrected chi connectivity index (χ3v) is 2.37. The number of nitrogens with zero attached hydrogens (tertiary/aromatic N) is 1. The SMILES string of the molecule is CC=CCOC(=O)N(C)c1cccc(C(F)(F)F)c1. The molecular formula is C13H14F3NO2. The van der Waals surface area contributed by atoms with Gasteiger partial charge in [0.05, 0.1) is 5.56 Å². The molecule has 0 fully saturated rings. The van der Waals surface area contributed by atoms with E-state index in [9.17, 15) is 18.0 Å². The van der Waals surface area contributed by atoms with E-state index >= 15 is 0 Å². The fourth-order valence-corrected chi connectivity index (χ4v) is 1.31. The van der Waals surface area contributed by atoms with E-state index in [2.05, 4.69) is 0 Å². The molecule has 0 unspecified atom stereocenters. The largest absolute Gasteiger partial charge is 0.445 e. The van der Waals surface area contributed by atoms with Crippen LogP contribution in [0.2, 0.25) is 0 Å². The molecule has 0 aliphatic heterocycles. The molecule has 1 amide bonds. The lowest BCUT2D eigenvalue weighted by atomic mass is 10.2. The van der Waals surface area contributed by atoms with Crippen molar-refractivity contribution in [2.45, 2.75) is 13.1 Å². The molecule has 0 saturated heterocycles. The first-order chi connectivity index (χ1) is 8.86. The van der Waals surface area contributed by atoms with E-state index in [-0.39, 0.29) is 12.3 Å². The fourth-order valence-electron chi connectivity index (χ4n) is 1.31. The van der Waals surface area contributed by atoms with Gasteiger partial charge in [-0.1, -0.05) is 18.2 Å². The zero-order valence-corrected chi connectivity index (χ0v) is 10.6. The summed E-state index contributed by atoms with van der Waals surface area (Å²) in [4.78, 5) is 12.6. The van der Waals surface area contributed by atoms with Crippen LogP contribution in [0.5, 0.6) is 0 Å². The normalized spacial score (nSPS) is 11.6. The van der Waals surface area contributed by atoms with Gasteiger partial charge in [0, 0.05) is 12.7 Å². The van der Waals surface area contributed by atoms with E-state index in [4.69, 9.17) is 4.74 Å². The molecule has 0 aliphatic rings. The standard InChI is InChI=1S/C13H14F3NO2/c1-3-4-8-19-12(18)17(2)11-7-5-6-10(9-11)13(14,15)16/h3-7,9H,8H2,1-2H3. The summed E-state index contributed by atoms with van der Waals surface area (Å²) >= 11 is 0. The Morgan fingerprint density at radius 1 is 1.42 bits per heavy atom. The van der Waals surface area contributed by atoms with E-state index < -0.39 is 17.8 Å². The van der Waals surface area contributed by atoms with Crippen LogP contribution in [0.1, 0.15) is 12.5 Å². The summed E-state index contributed by atoms with van der Waals surface area (Å²) < 4.78 is 42.5. The third-order valence-electron chi connectivity index (χ3n) is 2.37. The highest BCUT2D eigenvalue weighted by atomic mass is 19.4. The molecule has 0 atom stereocenters. The number of halogens is 3. The third kappa shape index (κ3) is 4.31. The Kier molecular flexibility index (Phi) is 4.97. The molecule has 0 N–H and O–H groups in total. The summed E-state index contributed by atoms with van der Waals surface area (Å²) in [6.45, 7) is 1.85. The van der Waals surface area contributed by atoms with Gasteiger partial charge in [-0.15, -0.1) is 0 Å². The van der Waals surface area contributed by atoms with E-state index in [1.807, 2.05) is 0 Å². The highest BCUT2D eigenvalue weighted by Gasteiger charge is 2.31. The lowest BCUT2D eigenvalue weighted by Crippen LogP contribution is -2.27. The molecule has 0 aliphatic carbocycles. The number of benzene rings is 1. The lowest BCUT2D eigenvalue weighted by molar-refractivity contribution is -0.137. The van der Waals surface area contributed by atoms with Crippen molar-refractivity contribution < 1.29 is 22.7 Å². The minimum atomic E-state index is -4.44. The van der Waals surface area contributed by atoms with Crippen LogP contribution in [-0.2, 0) is 10.9 Å². The second-order valence-electron chi connectivity index (χ2n) is 3.75. The van der Waals surface area contributed by atoms with Crippen molar-refractivity contribution >= 4 is 11.8 Å². The van der Waals surface area contributed by atoms with Gasteiger partial charge in [0.25, 0.3) is 0 Å². The number of anilines is 1. The smallest absolute Gasteiger partial charge is 0.416 e. The number of hydrogen-bond donors (Lipinski definition) is 0. The number of amides is 1. The molecule has 0 aromatic heterocycles. The average Bonchev–Trinajstić information content (AvgIpc) is 2.37. The molecule has 0 bridgehead atoms. The summed E-state index contributed by atoms with van der Waals surface area (Å²) in [7, 11) is 1.35. The van der Waals surface area contributed by atoms with Crippen LogP contribution in [0.4, 0.5) is 23.7 Å². The Morgan fingerprint density at radius 2 is 2.11 bits per heavy atom. The number of rotatable bonds is 3. The Hall–Kier alpha value is -1.98. The zero-order valence-electron chi connectivity index (χ0n) is 10.6. The molecule has 1 aromatic rings. The van der Waals surface area contributed by atoms with Crippen LogP contribution >= 0.6 is 0 Å². The quantitative estimate of drug-likeness (QED) is 0.783. The number of ether oxygens (including phenoxy) is 1. The minimum Gasteiger partial charge on any atom is -0.445 e. The molecule has 3 nitrogen and oxygen atoms in total. The van der Waals surface area contributed by atoms with Crippen LogP contribution in [0, 0.1) is 0 Å². The van der Waals surface area contributed by atoms with Crippen molar-refractivity contribution in [3.8, 4) is 0 Å². The molecule has 0 saturated carbocycles. The first-order valence-electron chi connectivity index (χ1n) is 5.55. The van der Waals surface area contributed by atoms with Crippen LogP contribution in [0.15, 0.2) is 36.4 Å². The first-order valence-corrected chi connectivity index (χ1v) is 5.55. The van der Waals surface area contributed by atoms with Crippen molar-refractivity contribution in [2.75, 3.05) is 18.6 Å². The minimum absolute atomic E-state index is 0.0820. The maximum atomic E-state index is 12.5. The molecule has 0 spiro atoms. The molecule has 0 heterocycles. The van der Waals surface area contributed by atoms with Crippen molar-refractivity contribution in [3.63, 3.8) is 0 Å². The molecule has 19 heavy (non-hydrogen) atoms. The number of carbonyl (C=O) groups is 1. The highest BCUT2D eigenvalue weighted by Crippen LogP contribution is 2.31. The molecule has 6 heteroatoms. The monoisotopic (exact) mass is 273 g/mol. The predicted molar refractivity (Wildman–Crippen MR) is 66.0 cm³/mol. The van der Waals surface area contributed by atoms with Gasteiger partial charge in [-0.2, -0.15) is 13.2 Å². The van der Waals surface area contributed by atoms with Gasteiger partial charge in [-0.05, 0) is 25.1 Å². The van der Waals surface area contributed by atoms with Gasteiger partial charge in [-0.25, -0.2) is 4.79 Å². The van der Waals surface area contributed by atoms with E-state index in [0.717, 1.165) is 17.0 Å². The van der Waals surface area contributed by atoms with Crippen molar-refractivity contribution in [1.82, 2.24) is 0 Å². The Morgan fingerprint density at radius 3 is 2.68 bits per heavy atom. The topological polar surface area (TPSA) is 29.5 Å². The summed E-state index contributed by atoms with van der Waals surface area (Å²) in [6, 6.07) is 4.50. The Balaban J connectivity index is 2.82. The lowest BCUT2D eigenvalue weighted by Gasteiger charge is -2.18. The van der Waals surface area contributed by atoms with Crippen LogP contribution in [0.25, 0.3) is 0 Å².